The molecule has 0 atom stereocenters. The van der Waals surface area contributed by atoms with Gasteiger partial charge in [0.1, 0.15) is 0 Å². The number of alkyl halides is 1. The van der Waals surface area contributed by atoms with Crippen LogP contribution in [0.15, 0.2) is 27.1 Å². The van der Waals surface area contributed by atoms with E-state index in [1.54, 1.807) is 4.90 Å². The number of hydrogen-bond acceptors (Lipinski definition) is 1. The number of halogens is 3. The molecule has 5 heteroatoms. The maximum atomic E-state index is 12.3. The van der Waals surface area contributed by atoms with Gasteiger partial charge in [-0.05, 0) is 52.9 Å². The highest BCUT2D eigenvalue weighted by Crippen LogP contribution is 2.32. The number of rotatable bonds is 3. The third-order valence-electron chi connectivity index (χ3n) is 3.22. The van der Waals surface area contributed by atoms with Crippen molar-refractivity contribution < 1.29 is 4.79 Å². The molecule has 0 N–H and O–H groups in total. The van der Waals surface area contributed by atoms with Crippen molar-refractivity contribution in [3.05, 3.63) is 32.7 Å². The summed E-state index contributed by atoms with van der Waals surface area (Å²) in [4.78, 5) is 14.1. The van der Waals surface area contributed by atoms with Gasteiger partial charge in [0.25, 0.3) is 5.91 Å². The summed E-state index contributed by atoms with van der Waals surface area (Å²) in [6.45, 7) is 0.779. The van der Waals surface area contributed by atoms with Crippen molar-refractivity contribution in [2.75, 3.05) is 13.6 Å². The van der Waals surface area contributed by atoms with E-state index in [4.69, 9.17) is 11.6 Å². The van der Waals surface area contributed by atoms with Crippen LogP contribution in [-0.2, 0) is 0 Å². The van der Waals surface area contributed by atoms with Crippen molar-refractivity contribution in [1.82, 2.24) is 4.90 Å². The summed E-state index contributed by atoms with van der Waals surface area (Å²) in [6, 6.07) is 5.63. The van der Waals surface area contributed by atoms with Gasteiger partial charge in [-0.2, -0.15) is 0 Å². The molecule has 1 fully saturated rings. The monoisotopic (exact) mass is 393 g/mol. The van der Waals surface area contributed by atoms with E-state index in [1.165, 1.54) is 0 Å². The Balaban J connectivity index is 2.03. The molecular weight excluding hydrogens is 381 g/mol. The van der Waals surface area contributed by atoms with Crippen LogP contribution in [0, 0.1) is 5.92 Å². The Bertz CT molecular complexity index is 460. The van der Waals surface area contributed by atoms with Crippen LogP contribution in [0.3, 0.4) is 0 Å². The zero-order valence-electron chi connectivity index (χ0n) is 10.00. The number of benzene rings is 1. The molecule has 1 aliphatic rings. The van der Waals surface area contributed by atoms with Crippen molar-refractivity contribution in [1.29, 1.82) is 0 Å². The second-order valence-electron chi connectivity index (χ2n) is 4.74. The predicted octanol–water partition coefficient (Wildman–Crippen LogP) is 4.30. The minimum atomic E-state index is 0.0428. The minimum absolute atomic E-state index is 0.0428. The van der Waals surface area contributed by atoms with Crippen LogP contribution < -0.4 is 0 Å². The van der Waals surface area contributed by atoms with Gasteiger partial charge in [0.15, 0.2) is 0 Å². The molecular formula is C13H14Br2ClNO. The van der Waals surface area contributed by atoms with E-state index < -0.39 is 0 Å². The lowest BCUT2D eigenvalue weighted by atomic mass is 9.84. The first-order chi connectivity index (χ1) is 8.47. The lowest BCUT2D eigenvalue weighted by Crippen LogP contribution is -2.38. The maximum absolute atomic E-state index is 12.3. The van der Waals surface area contributed by atoms with Crippen molar-refractivity contribution in [3.8, 4) is 0 Å². The molecule has 1 aliphatic carbocycles. The summed E-state index contributed by atoms with van der Waals surface area (Å²) in [5.41, 5.74) is 0.689. The third-order valence-corrected chi connectivity index (χ3v) is 4.76. The molecule has 0 spiro atoms. The average Bonchev–Trinajstić information content (AvgIpc) is 2.29. The molecule has 0 bridgehead atoms. The Kier molecular flexibility index (Phi) is 4.73. The second kappa shape index (κ2) is 5.93. The van der Waals surface area contributed by atoms with E-state index in [1.807, 2.05) is 25.2 Å². The SMILES string of the molecule is CN(CC1CC(Cl)C1)C(=O)c1cc(Br)ccc1Br. The lowest BCUT2D eigenvalue weighted by Gasteiger charge is -2.34. The predicted molar refractivity (Wildman–Crippen MR) is 81.2 cm³/mol. The average molecular weight is 396 g/mol. The molecule has 2 nitrogen and oxygen atoms in total. The lowest BCUT2D eigenvalue weighted by molar-refractivity contribution is 0.0746. The maximum Gasteiger partial charge on any atom is 0.254 e. The van der Waals surface area contributed by atoms with Crippen LogP contribution in [-0.4, -0.2) is 29.8 Å². The molecule has 1 aromatic carbocycles. The molecule has 0 unspecified atom stereocenters. The largest absolute Gasteiger partial charge is 0.341 e. The van der Waals surface area contributed by atoms with E-state index in [2.05, 4.69) is 31.9 Å². The van der Waals surface area contributed by atoms with E-state index in [-0.39, 0.29) is 5.91 Å². The fourth-order valence-corrected chi connectivity index (χ4v) is 3.42. The molecule has 1 aromatic rings. The van der Waals surface area contributed by atoms with Gasteiger partial charge in [-0.3, -0.25) is 4.79 Å². The number of hydrogen-bond donors (Lipinski definition) is 0. The first-order valence-electron chi connectivity index (χ1n) is 5.82. The molecule has 18 heavy (non-hydrogen) atoms. The Morgan fingerprint density at radius 2 is 2.11 bits per heavy atom. The fraction of sp³-hybridized carbons (Fsp3) is 0.462. The highest BCUT2D eigenvalue weighted by atomic mass is 79.9. The van der Waals surface area contributed by atoms with Crippen molar-refractivity contribution in [2.24, 2.45) is 5.92 Å². The molecule has 2 rings (SSSR count). The topological polar surface area (TPSA) is 20.3 Å². The molecule has 0 aromatic heterocycles. The Labute approximate surface area is 129 Å². The van der Waals surface area contributed by atoms with Gasteiger partial charge in [0.05, 0.1) is 5.56 Å². The summed E-state index contributed by atoms with van der Waals surface area (Å²) >= 11 is 12.8. The highest BCUT2D eigenvalue weighted by Gasteiger charge is 2.29. The second-order valence-corrected chi connectivity index (χ2v) is 7.13. The molecule has 0 heterocycles. The smallest absolute Gasteiger partial charge is 0.254 e. The summed E-state index contributed by atoms with van der Waals surface area (Å²) in [7, 11) is 1.84. The first kappa shape index (κ1) is 14.4. The van der Waals surface area contributed by atoms with Crippen LogP contribution in [0.25, 0.3) is 0 Å². The van der Waals surface area contributed by atoms with Crippen LogP contribution in [0.1, 0.15) is 23.2 Å². The normalized spacial score (nSPS) is 22.4. The van der Waals surface area contributed by atoms with E-state index in [0.717, 1.165) is 28.3 Å². The van der Waals surface area contributed by atoms with Crippen LogP contribution in [0.2, 0.25) is 0 Å². The molecule has 0 radical (unpaired) electrons. The third kappa shape index (κ3) is 3.28. The van der Waals surface area contributed by atoms with E-state index in [0.29, 0.717) is 16.9 Å². The number of carbonyl (C=O) groups excluding carboxylic acids is 1. The highest BCUT2D eigenvalue weighted by molar-refractivity contribution is 9.11. The molecule has 0 saturated heterocycles. The van der Waals surface area contributed by atoms with Crippen LogP contribution >= 0.6 is 43.5 Å². The number of carbonyl (C=O) groups is 1. The van der Waals surface area contributed by atoms with Crippen LogP contribution in [0.4, 0.5) is 0 Å². The van der Waals surface area contributed by atoms with Gasteiger partial charge < -0.3 is 4.90 Å². The van der Waals surface area contributed by atoms with Gasteiger partial charge in [-0.15, -0.1) is 11.6 Å². The zero-order chi connectivity index (χ0) is 13.3. The Hall–Kier alpha value is -0.0600. The van der Waals surface area contributed by atoms with Gasteiger partial charge in [-0.25, -0.2) is 0 Å². The van der Waals surface area contributed by atoms with Crippen molar-refractivity contribution in [3.63, 3.8) is 0 Å². The van der Waals surface area contributed by atoms with Crippen molar-refractivity contribution in [2.45, 2.75) is 18.2 Å². The molecule has 98 valence electrons. The van der Waals surface area contributed by atoms with Crippen LogP contribution in [0.5, 0.6) is 0 Å². The van der Waals surface area contributed by atoms with Gasteiger partial charge >= 0.3 is 0 Å². The summed E-state index contributed by atoms with van der Waals surface area (Å²) in [5, 5.41) is 0.302. The first-order valence-corrected chi connectivity index (χ1v) is 7.84. The van der Waals surface area contributed by atoms with Gasteiger partial charge in [-0.1, -0.05) is 15.9 Å². The van der Waals surface area contributed by atoms with E-state index in [9.17, 15) is 4.79 Å². The van der Waals surface area contributed by atoms with Gasteiger partial charge in [0, 0.05) is 27.9 Å². The molecule has 1 saturated carbocycles. The zero-order valence-corrected chi connectivity index (χ0v) is 13.9. The minimum Gasteiger partial charge on any atom is -0.341 e. The summed E-state index contributed by atoms with van der Waals surface area (Å²) < 4.78 is 1.73. The Morgan fingerprint density at radius 3 is 2.72 bits per heavy atom. The molecule has 0 aliphatic heterocycles. The quantitative estimate of drug-likeness (QED) is 0.699. The summed E-state index contributed by atoms with van der Waals surface area (Å²) in [6.07, 6.45) is 2.03. The fourth-order valence-electron chi connectivity index (χ4n) is 2.14. The van der Waals surface area contributed by atoms with E-state index >= 15 is 0 Å². The van der Waals surface area contributed by atoms with Gasteiger partial charge in [0.2, 0.25) is 0 Å². The summed E-state index contributed by atoms with van der Waals surface area (Å²) in [5.74, 6) is 0.591. The molecule has 1 amide bonds. The number of nitrogens with zero attached hydrogens (tertiary/aromatic N) is 1. The Morgan fingerprint density at radius 1 is 1.44 bits per heavy atom. The van der Waals surface area contributed by atoms with Crippen molar-refractivity contribution >= 4 is 49.4 Å². The standard InChI is InChI=1S/C13H14Br2ClNO/c1-17(7-8-4-10(16)5-8)13(18)11-6-9(14)2-3-12(11)15/h2-3,6,8,10H,4-5,7H2,1H3. The number of amides is 1.